The Hall–Kier alpha value is 0.430. The van der Waals surface area contributed by atoms with Crippen LogP contribution in [0.4, 0.5) is 0 Å². The average Bonchev–Trinajstić information content (AvgIpc) is 2.11. The lowest BCUT2D eigenvalue weighted by Crippen LogP contribution is -2.20. The van der Waals surface area contributed by atoms with Gasteiger partial charge in [0.05, 0.1) is 11.5 Å². The molecule has 0 heterocycles. The first-order chi connectivity index (χ1) is 6.41. The number of rotatable bonds is 7. The van der Waals surface area contributed by atoms with E-state index in [0.717, 1.165) is 18.2 Å². The molecule has 1 unspecified atom stereocenters. The molecule has 0 aromatic rings. The SMILES string of the molecule is CCC(CBr)CS(=O)(=O)CCC(C)C. The highest BCUT2D eigenvalue weighted by Crippen LogP contribution is 2.12. The van der Waals surface area contributed by atoms with E-state index in [1.807, 2.05) is 6.92 Å². The van der Waals surface area contributed by atoms with Crippen LogP contribution in [-0.4, -0.2) is 25.3 Å². The number of halogens is 1. The van der Waals surface area contributed by atoms with Gasteiger partial charge in [-0.15, -0.1) is 0 Å². The van der Waals surface area contributed by atoms with Crippen molar-refractivity contribution in [3.05, 3.63) is 0 Å². The summed E-state index contributed by atoms with van der Waals surface area (Å²) >= 11 is 3.34. The molecule has 0 aliphatic rings. The van der Waals surface area contributed by atoms with E-state index in [2.05, 4.69) is 29.8 Å². The molecule has 0 N–H and O–H groups in total. The van der Waals surface area contributed by atoms with Gasteiger partial charge in [-0.05, 0) is 18.3 Å². The van der Waals surface area contributed by atoms with E-state index in [9.17, 15) is 8.42 Å². The molecule has 0 spiro atoms. The number of sulfone groups is 1. The minimum absolute atomic E-state index is 0.271. The molecule has 0 saturated heterocycles. The maximum Gasteiger partial charge on any atom is 0.150 e. The topological polar surface area (TPSA) is 34.1 Å². The molecular formula is C10H21BrO2S. The summed E-state index contributed by atoms with van der Waals surface area (Å²) in [7, 11) is -2.83. The van der Waals surface area contributed by atoms with Crippen molar-refractivity contribution in [2.75, 3.05) is 16.8 Å². The fourth-order valence-corrected chi connectivity index (χ4v) is 4.19. The van der Waals surface area contributed by atoms with Gasteiger partial charge in [-0.3, -0.25) is 0 Å². The van der Waals surface area contributed by atoms with Gasteiger partial charge in [0.1, 0.15) is 0 Å². The molecule has 0 saturated carbocycles. The van der Waals surface area contributed by atoms with Crippen LogP contribution in [0.25, 0.3) is 0 Å². The van der Waals surface area contributed by atoms with Crippen LogP contribution in [0.5, 0.6) is 0 Å². The lowest BCUT2D eigenvalue weighted by molar-refractivity contribution is 0.554. The minimum Gasteiger partial charge on any atom is -0.229 e. The van der Waals surface area contributed by atoms with E-state index in [-0.39, 0.29) is 5.92 Å². The van der Waals surface area contributed by atoms with Gasteiger partial charge in [-0.2, -0.15) is 0 Å². The second-order valence-corrected chi connectivity index (χ2v) is 7.10. The Kier molecular flexibility index (Phi) is 7.04. The first-order valence-electron chi connectivity index (χ1n) is 5.17. The quantitative estimate of drug-likeness (QED) is 0.674. The van der Waals surface area contributed by atoms with E-state index in [1.54, 1.807) is 0 Å². The number of alkyl halides is 1. The standard InChI is InChI=1S/C10H21BrO2S/c1-4-10(7-11)8-14(12,13)6-5-9(2)3/h9-10H,4-8H2,1-3H3. The summed E-state index contributed by atoms with van der Waals surface area (Å²) in [6.45, 7) is 6.14. The molecule has 4 heteroatoms. The maximum absolute atomic E-state index is 11.6. The molecule has 0 bridgehead atoms. The minimum atomic E-state index is -2.83. The summed E-state index contributed by atoms with van der Waals surface area (Å²) in [5, 5.41) is 0.782. The lowest BCUT2D eigenvalue weighted by atomic mass is 10.2. The highest BCUT2D eigenvalue weighted by molar-refractivity contribution is 9.09. The molecular weight excluding hydrogens is 264 g/mol. The smallest absolute Gasteiger partial charge is 0.150 e. The van der Waals surface area contributed by atoms with E-state index in [4.69, 9.17) is 0 Å². The Labute approximate surface area is 96.5 Å². The zero-order valence-electron chi connectivity index (χ0n) is 9.29. The van der Waals surface area contributed by atoms with Crippen LogP contribution >= 0.6 is 15.9 Å². The van der Waals surface area contributed by atoms with Crippen molar-refractivity contribution in [3.63, 3.8) is 0 Å². The molecule has 0 aliphatic heterocycles. The van der Waals surface area contributed by atoms with Crippen molar-refractivity contribution >= 4 is 25.8 Å². The van der Waals surface area contributed by atoms with Crippen LogP contribution in [0.3, 0.4) is 0 Å². The molecule has 0 rings (SSSR count). The van der Waals surface area contributed by atoms with Gasteiger partial charge in [0, 0.05) is 5.33 Å². The molecule has 0 radical (unpaired) electrons. The summed E-state index contributed by atoms with van der Waals surface area (Å²) in [5.74, 6) is 1.41. The largest absolute Gasteiger partial charge is 0.229 e. The van der Waals surface area contributed by atoms with Gasteiger partial charge in [0.25, 0.3) is 0 Å². The Morgan fingerprint density at radius 2 is 1.86 bits per heavy atom. The van der Waals surface area contributed by atoms with Gasteiger partial charge < -0.3 is 0 Å². The van der Waals surface area contributed by atoms with Gasteiger partial charge in [-0.25, -0.2) is 8.42 Å². The van der Waals surface area contributed by atoms with E-state index in [1.165, 1.54) is 0 Å². The first-order valence-corrected chi connectivity index (χ1v) is 8.12. The Balaban J connectivity index is 4.06. The van der Waals surface area contributed by atoms with E-state index in [0.29, 0.717) is 17.4 Å². The molecule has 0 aliphatic carbocycles. The summed E-state index contributed by atoms with van der Waals surface area (Å²) in [4.78, 5) is 0. The zero-order valence-corrected chi connectivity index (χ0v) is 11.7. The lowest BCUT2D eigenvalue weighted by Gasteiger charge is -2.12. The van der Waals surface area contributed by atoms with E-state index >= 15 is 0 Å². The molecule has 14 heavy (non-hydrogen) atoms. The van der Waals surface area contributed by atoms with Crippen LogP contribution in [0.2, 0.25) is 0 Å². The second-order valence-electron chi connectivity index (χ2n) is 4.23. The van der Waals surface area contributed by atoms with Gasteiger partial charge in [0.15, 0.2) is 9.84 Å². The summed E-state index contributed by atoms with van der Waals surface area (Å²) < 4.78 is 23.3. The van der Waals surface area contributed by atoms with Crippen molar-refractivity contribution in [1.82, 2.24) is 0 Å². The Morgan fingerprint density at radius 3 is 2.21 bits per heavy atom. The van der Waals surface area contributed by atoms with Gasteiger partial charge >= 0.3 is 0 Å². The average molecular weight is 285 g/mol. The van der Waals surface area contributed by atoms with E-state index < -0.39 is 9.84 Å². The zero-order chi connectivity index (χ0) is 11.2. The van der Waals surface area contributed by atoms with Gasteiger partial charge in [-0.1, -0.05) is 43.1 Å². The third-order valence-electron chi connectivity index (χ3n) is 2.29. The molecule has 2 nitrogen and oxygen atoms in total. The van der Waals surface area contributed by atoms with Crippen LogP contribution in [0.15, 0.2) is 0 Å². The molecule has 0 fully saturated rings. The fourth-order valence-electron chi connectivity index (χ4n) is 1.13. The third-order valence-corrected chi connectivity index (χ3v) is 5.04. The molecule has 0 aromatic heterocycles. The first kappa shape index (κ1) is 14.4. The van der Waals surface area contributed by atoms with Crippen LogP contribution in [0, 0.1) is 11.8 Å². The summed E-state index contributed by atoms with van der Waals surface area (Å²) in [5.41, 5.74) is 0. The summed E-state index contributed by atoms with van der Waals surface area (Å²) in [6.07, 6.45) is 1.70. The Morgan fingerprint density at radius 1 is 1.29 bits per heavy atom. The number of hydrogen-bond donors (Lipinski definition) is 0. The molecule has 86 valence electrons. The maximum atomic E-state index is 11.6. The normalized spacial score (nSPS) is 14.6. The predicted octanol–water partition coefficient (Wildman–Crippen LogP) is 2.87. The van der Waals surface area contributed by atoms with Crippen molar-refractivity contribution in [2.45, 2.75) is 33.6 Å². The van der Waals surface area contributed by atoms with Gasteiger partial charge in [0.2, 0.25) is 0 Å². The highest BCUT2D eigenvalue weighted by atomic mass is 79.9. The molecule has 0 amide bonds. The monoisotopic (exact) mass is 284 g/mol. The van der Waals surface area contributed by atoms with Crippen molar-refractivity contribution in [3.8, 4) is 0 Å². The van der Waals surface area contributed by atoms with Crippen LogP contribution < -0.4 is 0 Å². The fraction of sp³-hybridized carbons (Fsp3) is 1.00. The van der Waals surface area contributed by atoms with Crippen LogP contribution in [-0.2, 0) is 9.84 Å². The Bertz CT molecular complexity index is 231. The predicted molar refractivity (Wildman–Crippen MR) is 65.7 cm³/mol. The van der Waals surface area contributed by atoms with Crippen molar-refractivity contribution in [2.24, 2.45) is 11.8 Å². The third kappa shape index (κ3) is 6.82. The summed E-state index contributed by atoms with van der Waals surface area (Å²) in [6, 6.07) is 0. The number of hydrogen-bond acceptors (Lipinski definition) is 2. The van der Waals surface area contributed by atoms with Crippen LogP contribution in [0.1, 0.15) is 33.6 Å². The molecule has 0 aromatic carbocycles. The second kappa shape index (κ2) is 6.83. The molecule has 1 atom stereocenters. The van der Waals surface area contributed by atoms with Crippen molar-refractivity contribution in [1.29, 1.82) is 0 Å². The highest BCUT2D eigenvalue weighted by Gasteiger charge is 2.17. The van der Waals surface area contributed by atoms with Crippen molar-refractivity contribution < 1.29 is 8.42 Å².